The lowest BCUT2D eigenvalue weighted by Gasteiger charge is -2.17. The van der Waals surface area contributed by atoms with Gasteiger partial charge in [-0.3, -0.25) is 4.79 Å². The van der Waals surface area contributed by atoms with E-state index in [2.05, 4.69) is 15.1 Å². The van der Waals surface area contributed by atoms with Crippen LogP contribution >= 0.6 is 11.3 Å². The van der Waals surface area contributed by atoms with E-state index >= 15 is 0 Å². The molecule has 0 atom stereocenters. The molecule has 1 heterocycles. The summed E-state index contributed by atoms with van der Waals surface area (Å²) in [5.74, 6) is -0.835. The van der Waals surface area contributed by atoms with Crippen molar-refractivity contribution in [1.82, 2.24) is 4.98 Å². The van der Waals surface area contributed by atoms with Gasteiger partial charge in [0.25, 0.3) is 0 Å². The Bertz CT molecular complexity index is 943. The third kappa shape index (κ3) is 4.33. The van der Waals surface area contributed by atoms with Crippen LogP contribution in [0.4, 0.5) is 5.13 Å². The van der Waals surface area contributed by atoms with Crippen LogP contribution in [0, 0.1) is 0 Å². The van der Waals surface area contributed by atoms with Crippen molar-refractivity contribution < 1.29 is 19.1 Å². The summed E-state index contributed by atoms with van der Waals surface area (Å²) >= 11 is 1.09. The molecule has 0 aliphatic heterocycles. The van der Waals surface area contributed by atoms with Gasteiger partial charge in [-0.1, -0.05) is 60.7 Å². The molecule has 2 aromatic carbocycles. The molecular formula is C19H14N4O3S. The number of hydrogen-bond acceptors (Lipinski definition) is 5. The SMILES string of the molecule is [N-]=[N+]=C(C(=O)OC(c1ccccc1)c1ccccc1)c1csc(NC=O)n1. The molecule has 0 bridgehead atoms. The highest BCUT2D eigenvalue weighted by Gasteiger charge is 2.31. The minimum Gasteiger partial charge on any atom is -0.444 e. The topological polar surface area (TPSA) is 105 Å². The van der Waals surface area contributed by atoms with Crippen LogP contribution in [0.15, 0.2) is 66.0 Å². The van der Waals surface area contributed by atoms with Gasteiger partial charge in [0.05, 0.1) is 0 Å². The van der Waals surface area contributed by atoms with Crippen molar-refractivity contribution in [2.75, 3.05) is 5.32 Å². The molecule has 8 heteroatoms. The number of carbonyl (C=O) groups excluding carboxylic acids is 2. The zero-order chi connectivity index (χ0) is 19.1. The molecular weight excluding hydrogens is 364 g/mol. The van der Waals surface area contributed by atoms with E-state index in [4.69, 9.17) is 4.74 Å². The third-order valence-electron chi connectivity index (χ3n) is 3.65. The number of thiazole rings is 1. The van der Waals surface area contributed by atoms with Gasteiger partial charge in [0.2, 0.25) is 6.41 Å². The van der Waals surface area contributed by atoms with Crippen molar-refractivity contribution in [3.63, 3.8) is 0 Å². The Morgan fingerprint density at radius 1 is 1.11 bits per heavy atom. The minimum atomic E-state index is -0.835. The summed E-state index contributed by atoms with van der Waals surface area (Å²) in [5, 5.41) is 4.14. The van der Waals surface area contributed by atoms with Gasteiger partial charge < -0.3 is 15.6 Å². The molecule has 27 heavy (non-hydrogen) atoms. The molecule has 0 aliphatic carbocycles. The second-order valence-electron chi connectivity index (χ2n) is 5.36. The average Bonchev–Trinajstić information content (AvgIpc) is 3.16. The van der Waals surface area contributed by atoms with Crippen molar-refractivity contribution in [3.8, 4) is 0 Å². The summed E-state index contributed by atoms with van der Waals surface area (Å²) in [7, 11) is 0. The number of ether oxygens (including phenoxy) is 1. The smallest absolute Gasteiger partial charge is 0.425 e. The molecule has 0 saturated carbocycles. The highest BCUT2D eigenvalue weighted by molar-refractivity contribution is 7.14. The first-order valence-electron chi connectivity index (χ1n) is 7.92. The van der Waals surface area contributed by atoms with E-state index < -0.39 is 12.1 Å². The fraction of sp³-hybridized carbons (Fsp3) is 0.0526. The van der Waals surface area contributed by atoms with Crippen molar-refractivity contribution in [1.29, 1.82) is 0 Å². The van der Waals surface area contributed by atoms with E-state index in [-0.39, 0.29) is 16.5 Å². The fourth-order valence-corrected chi connectivity index (χ4v) is 3.10. The van der Waals surface area contributed by atoms with Gasteiger partial charge in [0.15, 0.2) is 16.9 Å². The summed E-state index contributed by atoms with van der Waals surface area (Å²) in [5.41, 5.74) is 10.6. The average molecular weight is 378 g/mol. The molecule has 0 radical (unpaired) electrons. The number of aromatic nitrogens is 1. The number of rotatable bonds is 7. The maximum absolute atomic E-state index is 12.7. The number of amides is 1. The summed E-state index contributed by atoms with van der Waals surface area (Å²) in [6, 6.07) is 18.5. The Kier molecular flexibility index (Phi) is 5.84. The first kappa shape index (κ1) is 18.2. The second-order valence-corrected chi connectivity index (χ2v) is 6.21. The first-order valence-corrected chi connectivity index (χ1v) is 8.80. The Morgan fingerprint density at radius 3 is 2.22 bits per heavy atom. The first-order chi connectivity index (χ1) is 13.2. The number of hydrogen-bond donors (Lipinski definition) is 1. The van der Waals surface area contributed by atoms with Gasteiger partial charge >= 0.3 is 11.7 Å². The fourth-order valence-electron chi connectivity index (χ4n) is 2.44. The number of nitrogens with zero attached hydrogens (tertiary/aromatic N) is 3. The van der Waals surface area contributed by atoms with E-state index in [9.17, 15) is 15.1 Å². The van der Waals surface area contributed by atoms with Gasteiger partial charge in [0.1, 0.15) is 0 Å². The molecule has 0 fully saturated rings. The quantitative estimate of drug-likeness (QED) is 0.224. The van der Waals surface area contributed by atoms with Crippen LogP contribution < -0.4 is 5.32 Å². The number of carbonyl (C=O) groups is 2. The molecule has 0 saturated heterocycles. The number of nitrogens with one attached hydrogen (secondary N) is 1. The lowest BCUT2D eigenvalue weighted by Crippen LogP contribution is -2.23. The van der Waals surface area contributed by atoms with Crippen molar-refractivity contribution in [3.05, 3.63) is 88.4 Å². The summed E-state index contributed by atoms with van der Waals surface area (Å²) in [4.78, 5) is 30.2. The van der Waals surface area contributed by atoms with Crippen molar-refractivity contribution in [2.45, 2.75) is 6.10 Å². The van der Waals surface area contributed by atoms with E-state index in [1.54, 1.807) is 0 Å². The Hall–Kier alpha value is -3.61. The van der Waals surface area contributed by atoms with Gasteiger partial charge in [-0.25, -0.2) is 9.78 Å². The number of esters is 1. The maximum atomic E-state index is 12.7. The van der Waals surface area contributed by atoms with Crippen molar-refractivity contribution >= 4 is 34.6 Å². The van der Waals surface area contributed by atoms with Crippen molar-refractivity contribution in [2.24, 2.45) is 0 Å². The van der Waals surface area contributed by atoms with E-state index in [0.29, 0.717) is 6.41 Å². The highest BCUT2D eigenvalue weighted by atomic mass is 32.1. The predicted octanol–water partition coefficient (Wildman–Crippen LogP) is 3.06. The molecule has 0 spiro atoms. The maximum Gasteiger partial charge on any atom is 0.425 e. The molecule has 1 amide bonds. The van der Waals surface area contributed by atoms with Crippen LogP contribution in [-0.4, -0.2) is 27.9 Å². The van der Waals surface area contributed by atoms with Crippen LogP contribution in [0.3, 0.4) is 0 Å². The molecule has 1 aromatic heterocycles. The lowest BCUT2D eigenvalue weighted by molar-refractivity contribution is -0.143. The van der Waals surface area contributed by atoms with Gasteiger partial charge in [-0.2, -0.15) is 4.79 Å². The Balaban J connectivity index is 1.89. The van der Waals surface area contributed by atoms with E-state index in [0.717, 1.165) is 22.5 Å². The second kappa shape index (κ2) is 8.66. The number of benzene rings is 2. The molecule has 0 unspecified atom stereocenters. The van der Waals surface area contributed by atoms with Crippen LogP contribution in [-0.2, 0) is 14.3 Å². The Labute approximate surface area is 158 Å². The number of anilines is 1. The zero-order valence-corrected chi connectivity index (χ0v) is 14.8. The molecule has 3 rings (SSSR count). The van der Waals surface area contributed by atoms with Crippen LogP contribution in [0.1, 0.15) is 22.9 Å². The normalized spacial score (nSPS) is 10.1. The van der Waals surface area contributed by atoms with Crippen LogP contribution in [0.2, 0.25) is 0 Å². The van der Waals surface area contributed by atoms with E-state index in [1.165, 1.54) is 5.38 Å². The highest BCUT2D eigenvalue weighted by Crippen LogP contribution is 2.26. The molecule has 0 aliphatic rings. The minimum absolute atomic E-state index is 0.108. The van der Waals surface area contributed by atoms with Crippen LogP contribution in [0.5, 0.6) is 0 Å². The lowest BCUT2D eigenvalue weighted by atomic mass is 10.0. The molecule has 3 aromatic rings. The largest absolute Gasteiger partial charge is 0.444 e. The van der Waals surface area contributed by atoms with Gasteiger partial charge in [-0.15, -0.1) is 11.3 Å². The standard InChI is InChI=1S/C19H14N4O3S/c20-23-16(15-11-27-19(22-15)21-12-24)18(25)26-17(13-7-3-1-4-8-13)14-9-5-2-6-10-14/h1-12,17H,(H,21,22,24). The predicted molar refractivity (Wildman–Crippen MR) is 100 cm³/mol. The summed E-state index contributed by atoms with van der Waals surface area (Å²) in [6.07, 6.45) is -0.208. The van der Waals surface area contributed by atoms with Gasteiger partial charge in [0, 0.05) is 5.38 Å². The molecule has 1 N–H and O–H groups in total. The van der Waals surface area contributed by atoms with Crippen LogP contribution in [0.25, 0.3) is 5.53 Å². The molecule has 7 nitrogen and oxygen atoms in total. The monoisotopic (exact) mass is 378 g/mol. The summed E-state index contributed by atoms with van der Waals surface area (Å²) < 4.78 is 5.64. The van der Waals surface area contributed by atoms with Gasteiger partial charge in [-0.05, 0) is 11.1 Å². The Morgan fingerprint density at radius 2 is 1.70 bits per heavy atom. The summed E-state index contributed by atoms with van der Waals surface area (Å²) in [6.45, 7) is 0. The van der Waals surface area contributed by atoms with E-state index in [1.807, 2.05) is 60.7 Å². The third-order valence-corrected chi connectivity index (χ3v) is 4.43. The molecule has 134 valence electrons. The zero-order valence-electron chi connectivity index (χ0n) is 14.0.